The zero-order valence-electron chi connectivity index (χ0n) is 10.1. The number of nitrogens with zero attached hydrogens (tertiary/aromatic N) is 2. The standard InChI is InChI=1S/C13H18FN3/c1-2-16-9-11-8-15-5-6-17(11)12-4-3-10(14)7-13(12)16/h3-4,7,11,15H,2,5-6,8-9H2,1H3. The molecule has 3 rings (SSSR count). The first kappa shape index (κ1) is 10.8. The number of halogens is 1. The lowest BCUT2D eigenvalue weighted by atomic mass is 10.0. The van der Waals surface area contributed by atoms with Crippen LogP contribution in [0.5, 0.6) is 0 Å². The summed E-state index contributed by atoms with van der Waals surface area (Å²) >= 11 is 0. The quantitative estimate of drug-likeness (QED) is 0.794. The van der Waals surface area contributed by atoms with Gasteiger partial charge in [0.2, 0.25) is 0 Å². The Morgan fingerprint density at radius 3 is 3.12 bits per heavy atom. The number of anilines is 2. The van der Waals surface area contributed by atoms with Gasteiger partial charge in [-0.15, -0.1) is 0 Å². The number of piperazine rings is 1. The monoisotopic (exact) mass is 235 g/mol. The Labute approximate surface area is 101 Å². The molecule has 0 bridgehead atoms. The summed E-state index contributed by atoms with van der Waals surface area (Å²) in [7, 11) is 0. The lowest BCUT2D eigenvalue weighted by Crippen LogP contribution is -2.58. The molecule has 2 aliphatic heterocycles. The van der Waals surface area contributed by atoms with Crippen LogP contribution in [0.3, 0.4) is 0 Å². The van der Waals surface area contributed by atoms with Gasteiger partial charge >= 0.3 is 0 Å². The third kappa shape index (κ3) is 1.76. The molecule has 17 heavy (non-hydrogen) atoms. The van der Waals surface area contributed by atoms with Gasteiger partial charge in [-0.05, 0) is 25.1 Å². The predicted octanol–water partition coefficient (Wildman–Crippen LogP) is 1.44. The molecule has 3 nitrogen and oxygen atoms in total. The van der Waals surface area contributed by atoms with Gasteiger partial charge in [-0.25, -0.2) is 4.39 Å². The fourth-order valence-electron chi connectivity index (χ4n) is 2.89. The largest absolute Gasteiger partial charge is 0.368 e. The number of hydrogen-bond donors (Lipinski definition) is 1. The summed E-state index contributed by atoms with van der Waals surface area (Å²) in [5.74, 6) is -0.143. The Morgan fingerprint density at radius 1 is 1.41 bits per heavy atom. The highest BCUT2D eigenvalue weighted by atomic mass is 19.1. The molecule has 0 saturated carbocycles. The van der Waals surface area contributed by atoms with E-state index in [1.54, 1.807) is 12.1 Å². The van der Waals surface area contributed by atoms with E-state index in [2.05, 4.69) is 22.0 Å². The number of hydrogen-bond acceptors (Lipinski definition) is 3. The summed E-state index contributed by atoms with van der Waals surface area (Å²) in [5, 5.41) is 3.43. The van der Waals surface area contributed by atoms with Gasteiger partial charge in [-0.1, -0.05) is 0 Å². The average molecular weight is 235 g/mol. The van der Waals surface area contributed by atoms with Gasteiger partial charge in [0.05, 0.1) is 17.4 Å². The summed E-state index contributed by atoms with van der Waals surface area (Å²) in [6.07, 6.45) is 0. The Bertz CT molecular complexity index is 421. The molecule has 0 aromatic heterocycles. The highest BCUT2D eigenvalue weighted by molar-refractivity contribution is 5.74. The van der Waals surface area contributed by atoms with Crippen LogP contribution >= 0.6 is 0 Å². The zero-order chi connectivity index (χ0) is 11.8. The number of nitrogens with one attached hydrogen (secondary N) is 1. The Balaban J connectivity index is 2.04. The van der Waals surface area contributed by atoms with Crippen LogP contribution in [0, 0.1) is 5.82 Å². The van der Waals surface area contributed by atoms with Crippen molar-refractivity contribution in [3.63, 3.8) is 0 Å². The van der Waals surface area contributed by atoms with Gasteiger partial charge in [0.15, 0.2) is 0 Å². The van der Waals surface area contributed by atoms with Gasteiger partial charge in [-0.3, -0.25) is 0 Å². The van der Waals surface area contributed by atoms with Crippen molar-refractivity contribution in [1.29, 1.82) is 0 Å². The molecule has 1 saturated heterocycles. The third-order valence-corrected chi connectivity index (χ3v) is 3.75. The van der Waals surface area contributed by atoms with Crippen LogP contribution in [0.4, 0.5) is 15.8 Å². The lowest BCUT2D eigenvalue weighted by Gasteiger charge is -2.47. The molecule has 1 N–H and O–H groups in total. The maximum atomic E-state index is 13.4. The molecule has 1 aromatic rings. The molecule has 1 atom stereocenters. The first-order valence-corrected chi connectivity index (χ1v) is 6.31. The number of likely N-dealkylation sites (N-methyl/N-ethyl adjacent to an activating group) is 1. The smallest absolute Gasteiger partial charge is 0.125 e. The minimum atomic E-state index is -0.143. The minimum Gasteiger partial charge on any atom is -0.368 e. The van der Waals surface area contributed by atoms with E-state index in [-0.39, 0.29) is 5.82 Å². The van der Waals surface area contributed by atoms with Crippen LogP contribution in [0.2, 0.25) is 0 Å². The Morgan fingerprint density at radius 2 is 2.29 bits per heavy atom. The summed E-state index contributed by atoms with van der Waals surface area (Å²) < 4.78 is 13.4. The van der Waals surface area contributed by atoms with Gasteiger partial charge in [0, 0.05) is 32.7 Å². The maximum absolute atomic E-state index is 13.4. The van der Waals surface area contributed by atoms with Crippen molar-refractivity contribution >= 4 is 11.4 Å². The van der Waals surface area contributed by atoms with Crippen molar-refractivity contribution in [2.75, 3.05) is 42.5 Å². The molecule has 0 aliphatic carbocycles. The van der Waals surface area contributed by atoms with Gasteiger partial charge in [0.25, 0.3) is 0 Å². The second-order valence-corrected chi connectivity index (χ2v) is 4.72. The van der Waals surface area contributed by atoms with E-state index in [0.29, 0.717) is 6.04 Å². The third-order valence-electron chi connectivity index (χ3n) is 3.75. The highest BCUT2D eigenvalue weighted by Crippen LogP contribution is 2.36. The first-order valence-electron chi connectivity index (χ1n) is 6.31. The first-order chi connectivity index (χ1) is 8.29. The average Bonchev–Trinajstić information content (AvgIpc) is 2.37. The minimum absolute atomic E-state index is 0.143. The highest BCUT2D eigenvalue weighted by Gasteiger charge is 2.31. The van der Waals surface area contributed by atoms with Crippen molar-refractivity contribution in [3.05, 3.63) is 24.0 Å². The molecule has 1 unspecified atom stereocenters. The van der Waals surface area contributed by atoms with E-state index in [1.165, 1.54) is 5.69 Å². The molecule has 1 fully saturated rings. The molecule has 4 heteroatoms. The van der Waals surface area contributed by atoms with Crippen LogP contribution in [-0.4, -0.2) is 38.8 Å². The van der Waals surface area contributed by atoms with Crippen LogP contribution in [0.1, 0.15) is 6.92 Å². The van der Waals surface area contributed by atoms with Crippen molar-refractivity contribution in [2.24, 2.45) is 0 Å². The molecular weight excluding hydrogens is 217 g/mol. The summed E-state index contributed by atoms with van der Waals surface area (Å²) in [6.45, 7) is 7.09. The van der Waals surface area contributed by atoms with Gasteiger partial charge < -0.3 is 15.1 Å². The predicted molar refractivity (Wildman–Crippen MR) is 68.3 cm³/mol. The lowest BCUT2D eigenvalue weighted by molar-refractivity contribution is 0.460. The summed E-state index contributed by atoms with van der Waals surface area (Å²) in [5.41, 5.74) is 2.23. The van der Waals surface area contributed by atoms with E-state index in [1.807, 2.05) is 6.07 Å². The molecular formula is C13H18FN3. The van der Waals surface area contributed by atoms with Crippen molar-refractivity contribution < 1.29 is 4.39 Å². The topological polar surface area (TPSA) is 18.5 Å². The van der Waals surface area contributed by atoms with E-state index in [0.717, 1.165) is 38.4 Å². The van der Waals surface area contributed by atoms with Crippen molar-refractivity contribution in [3.8, 4) is 0 Å². The molecule has 2 heterocycles. The van der Waals surface area contributed by atoms with E-state index < -0.39 is 0 Å². The zero-order valence-corrected chi connectivity index (χ0v) is 10.1. The molecule has 92 valence electrons. The maximum Gasteiger partial charge on any atom is 0.125 e. The molecule has 0 spiro atoms. The summed E-state index contributed by atoms with van der Waals surface area (Å²) in [6, 6.07) is 5.67. The fourth-order valence-corrected chi connectivity index (χ4v) is 2.89. The van der Waals surface area contributed by atoms with E-state index in [9.17, 15) is 4.39 Å². The number of benzene rings is 1. The number of rotatable bonds is 1. The second-order valence-electron chi connectivity index (χ2n) is 4.72. The van der Waals surface area contributed by atoms with Crippen LogP contribution in [-0.2, 0) is 0 Å². The van der Waals surface area contributed by atoms with E-state index in [4.69, 9.17) is 0 Å². The van der Waals surface area contributed by atoms with Crippen LogP contribution < -0.4 is 15.1 Å². The molecule has 2 aliphatic rings. The molecule has 0 amide bonds. The number of fused-ring (bicyclic) bond motifs is 3. The molecule has 1 aromatic carbocycles. The van der Waals surface area contributed by atoms with Crippen molar-refractivity contribution in [2.45, 2.75) is 13.0 Å². The second kappa shape index (κ2) is 4.18. The van der Waals surface area contributed by atoms with Gasteiger partial charge in [0.1, 0.15) is 5.82 Å². The SMILES string of the molecule is CCN1CC2CNCCN2c2ccc(F)cc21. The van der Waals surface area contributed by atoms with Crippen LogP contribution in [0.15, 0.2) is 18.2 Å². The van der Waals surface area contributed by atoms with Crippen molar-refractivity contribution in [1.82, 2.24) is 5.32 Å². The Kier molecular flexibility index (Phi) is 2.67. The van der Waals surface area contributed by atoms with E-state index >= 15 is 0 Å². The normalized spacial score (nSPS) is 23.3. The summed E-state index contributed by atoms with van der Waals surface area (Å²) in [4.78, 5) is 4.68. The van der Waals surface area contributed by atoms with Gasteiger partial charge in [-0.2, -0.15) is 0 Å². The Hall–Kier alpha value is -1.29. The van der Waals surface area contributed by atoms with Crippen LogP contribution in [0.25, 0.3) is 0 Å². The fraction of sp³-hybridized carbons (Fsp3) is 0.538. The molecule has 0 radical (unpaired) electrons.